The molecule has 1 fully saturated rings. The number of piperidine rings is 1. The predicted octanol–water partition coefficient (Wildman–Crippen LogP) is -0.171. The van der Waals surface area contributed by atoms with Crippen molar-refractivity contribution in [3.8, 4) is 11.8 Å². The largest absolute Gasteiger partial charge is 0.380 e. The van der Waals surface area contributed by atoms with E-state index in [9.17, 15) is 5.11 Å². The highest BCUT2D eigenvalue weighted by molar-refractivity contribution is 5.03. The predicted molar refractivity (Wildman–Crippen MR) is 53.5 cm³/mol. The molecular weight excluding hydrogens is 162 g/mol. The molecule has 0 bridgehead atoms. The quantitative estimate of drug-likeness (QED) is 0.569. The van der Waals surface area contributed by atoms with Crippen molar-refractivity contribution >= 4 is 0 Å². The van der Waals surface area contributed by atoms with E-state index in [1.807, 2.05) is 6.92 Å². The summed E-state index contributed by atoms with van der Waals surface area (Å²) in [6.07, 6.45) is 4.39. The molecule has 2 heteroatoms. The Hall–Kier alpha value is -0.520. The summed E-state index contributed by atoms with van der Waals surface area (Å²) >= 11 is 0. The highest BCUT2D eigenvalue weighted by Gasteiger charge is 2.10. The Morgan fingerprint density at radius 1 is 1.31 bits per heavy atom. The molecule has 2 N–H and O–H groups in total. The number of quaternary nitrogens is 1. The summed E-state index contributed by atoms with van der Waals surface area (Å²) in [7, 11) is 0. The van der Waals surface area contributed by atoms with Crippen LogP contribution in [0.5, 0.6) is 0 Å². The molecule has 74 valence electrons. The number of hydrogen-bond acceptors (Lipinski definition) is 1. The van der Waals surface area contributed by atoms with Gasteiger partial charge in [-0.15, -0.1) is 0 Å². The van der Waals surface area contributed by atoms with Gasteiger partial charge >= 0.3 is 0 Å². The standard InChI is InChI=1S/C11H19NO/c1-2-11(13)7-6-10-12-8-4-3-5-9-12/h11,13H,2-5,8-10H2,1H3/p+1/t11-/m1/s1. The second-order valence-corrected chi connectivity index (χ2v) is 3.73. The third-order valence-electron chi connectivity index (χ3n) is 2.55. The van der Waals surface area contributed by atoms with E-state index in [1.54, 1.807) is 4.90 Å². The van der Waals surface area contributed by atoms with Gasteiger partial charge in [0.2, 0.25) is 0 Å². The lowest BCUT2D eigenvalue weighted by Crippen LogP contribution is -3.12. The van der Waals surface area contributed by atoms with Gasteiger partial charge in [-0.3, -0.25) is 0 Å². The molecule has 0 aliphatic carbocycles. The Bertz CT molecular complexity index is 186. The van der Waals surface area contributed by atoms with Gasteiger partial charge < -0.3 is 10.0 Å². The molecule has 13 heavy (non-hydrogen) atoms. The minimum absolute atomic E-state index is 0.413. The first kappa shape index (κ1) is 10.6. The molecule has 0 unspecified atom stereocenters. The van der Waals surface area contributed by atoms with Crippen molar-refractivity contribution in [2.75, 3.05) is 19.6 Å². The molecule has 0 aromatic carbocycles. The maximum atomic E-state index is 9.20. The van der Waals surface area contributed by atoms with E-state index in [0.29, 0.717) is 0 Å². The van der Waals surface area contributed by atoms with E-state index < -0.39 is 6.10 Å². The zero-order valence-corrected chi connectivity index (χ0v) is 8.47. The average Bonchev–Trinajstić information content (AvgIpc) is 2.19. The first-order chi connectivity index (χ1) is 6.33. The van der Waals surface area contributed by atoms with Crippen molar-refractivity contribution in [2.45, 2.75) is 38.7 Å². The highest BCUT2D eigenvalue weighted by atomic mass is 16.3. The lowest BCUT2D eigenvalue weighted by atomic mass is 10.1. The molecule has 1 atom stereocenters. The van der Waals surface area contributed by atoms with E-state index >= 15 is 0 Å². The van der Waals surface area contributed by atoms with Crippen LogP contribution in [0.3, 0.4) is 0 Å². The van der Waals surface area contributed by atoms with Gasteiger partial charge in [0.25, 0.3) is 0 Å². The molecule has 1 saturated heterocycles. The lowest BCUT2D eigenvalue weighted by molar-refractivity contribution is -0.897. The summed E-state index contributed by atoms with van der Waals surface area (Å²) in [6.45, 7) is 5.39. The molecule has 0 saturated carbocycles. The third-order valence-corrected chi connectivity index (χ3v) is 2.55. The van der Waals surface area contributed by atoms with Gasteiger partial charge in [-0.05, 0) is 31.6 Å². The molecule has 0 spiro atoms. The highest BCUT2D eigenvalue weighted by Crippen LogP contribution is 1.93. The third kappa shape index (κ3) is 4.31. The molecule has 1 aliphatic rings. The molecule has 0 aromatic rings. The van der Waals surface area contributed by atoms with Crippen molar-refractivity contribution in [3.05, 3.63) is 0 Å². The monoisotopic (exact) mass is 182 g/mol. The second kappa shape index (κ2) is 6.01. The van der Waals surface area contributed by atoms with Crippen molar-refractivity contribution < 1.29 is 10.0 Å². The molecule has 0 radical (unpaired) electrons. The Labute approximate surface area is 80.9 Å². The maximum Gasteiger partial charge on any atom is 0.139 e. The summed E-state index contributed by atoms with van der Waals surface area (Å²) in [5.41, 5.74) is 0. The molecule has 1 heterocycles. The number of nitrogens with one attached hydrogen (secondary N) is 1. The van der Waals surface area contributed by atoms with Crippen LogP contribution >= 0.6 is 0 Å². The molecule has 1 aliphatic heterocycles. The Morgan fingerprint density at radius 2 is 2.00 bits per heavy atom. The van der Waals surface area contributed by atoms with Crippen molar-refractivity contribution in [1.29, 1.82) is 0 Å². The van der Waals surface area contributed by atoms with Crippen LogP contribution in [0.25, 0.3) is 0 Å². The summed E-state index contributed by atoms with van der Waals surface area (Å²) in [5.74, 6) is 5.93. The van der Waals surface area contributed by atoms with E-state index in [1.165, 1.54) is 32.4 Å². The number of likely N-dealkylation sites (tertiary alicyclic amines) is 1. The lowest BCUT2D eigenvalue weighted by Gasteiger charge is -2.20. The first-order valence-electron chi connectivity index (χ1n) is 5.33. The summed E-state index contributed by atoms with van der Waals surface area (Å²) in [4.78, 5) is 1.59. The van der Waals surface area contributed by atoms with Gasteiger partial charge in [0.1, 0.15) is 12.6 Å². The van der Waals surface area contributed by atoms with Crippen molar-refractivity contribution in [2.24, 2.45) is 0 Å². The van der Waals surface area contributed by atoms with Gasteiger partial charge in [-0.2, -0.15) is 0 Å². The number of hydrogen-bond donors (Lipinski definition) is 2. The van der Waals surface area contributed by atoms with Crippen LogP contribution in [0.1, 0.15) is 32.6 Å². The van der Waals surface area contributed by atoms with E-state index in [0.717, 1.165) is 13.0 Å². The molecule has 2 nitrogen and oxygen atoms in total. The SMILES string of the molecule is CC[C@@H](O)C#CC[NH+]1CCCCC1. The van der Waals surface area contributed by atoms with Gasteiger partial charge in [-0.25, -0.2) is 0 Å². The van der Waals surface area contributed by atoms with Crippen molar-refractivity contribution in [1.82, 2.24) is 0 Å². The minimum Gasteiger partial charge on any atom is -0.380 e. The maximum absolute atomic E-state index is 9.20. The van der Waals surface area contributed by atoms with Crippen LogP contribution in [0.4, 0.5) is 0 Å². The fourth-order valence-corrected chi connectivity index (χ4v) is 1.62. The van der Waals surface area contributed by atoms with Crippen molar-refractivity contribution in [3.63, 3.8) is 0 Å². The summed E-state index contributed by atoms with van der Waals surface area (Å²) in [6, 6.07) is 0. The van der Waals surface area contributed by atoms with Gasteiger partial charge in [0, 0.05) is 0 Å². The topological polar surface area (TPSA) is 24.7 Å². The average molecular weight is 182 g/mol. The number of rotatable bonds is 2. The molecular formula is C11H20NO+. The van der Waals surface area contributed by atoms with Crippen LogP contribution in [-0.2, 0) is 0 Å². The Balaban J connectivity index is 2.18. The molecule has 1 rings (SSSR count). The number of aliphatic hydroxyl groups is 1. The molecule has 0 aromatic heterocycles. The Kier molecular flexibility index (Phi) is 4.88. The van der Waals surface area contributed by atoms with E-state index in [2.05, 4.69) is 11.8 Å². The first-order valence-corrected chi connectivity index (χ1v) is 5.33. The normalized spacial score (nSPS) is 20.5. The van der Waals surface area contributed by atoms with Gasteiger partial charge in [0.05, 0.1) is 13.1 Å². The number of aliphatic hydroxyl groups excluding tert-OH is 1. The summed E-state index contributed by atoms with van der Waals surface area (Å²) in [5, 5.41) is 9.20. The smallest absolute Gasteiger partial charge is 0.139 e. The van der Waals surface area contributed by atoms with E-state index in [-0.39, 0.29) is 0 Å². The molecule has 0 amide bonds. The summed E-state index contributed by atoms with van der Waals surface area (Å²) < 4.78 is 0. The minimum atomic E-state index is -0.413. The van der Waals surface area contributed by atoms with E-state index in [4.69, 9.17) is 0 Å². The van der Waals surface area contributed by atoms with Crippen LogP contribution in [0.15, 0.2) is 0 Å². The van der Waals surface area contributed by atoms with Crippen LogP contribution in [0, 0.1) is 11.8 Å². The van der Waals surface area contributed by atoms with Gasteiger partial charge in [-0.1, -0.05) is 12.8 Å². The zero-order valence-electron chi connectivity index (χ0n) is 8.47. The van der Waals surface area contributed by atoms with Crippen LogP contribution < -0.4 is 4.90 Å². The fraction of sp³-hybridized carbons (Fsp3) is 0.818. The fourth-order valence-electron chi connectivity index (χ4n) is 1.62. The zero-order chi connectivity index (χ0) is 9.52. The Morgan fingerprint density at radius 3 is 2.62 bits per heavy atom. The van der Waals surface area contributed by atoms with Crippen LogP contribution in [0.2, 0.25) is 0 Å². The van der Waals surface area contributed by atoms with Crippen LogP contribution in [-0.4, -0.2) is 30.8 Å². The second-order valence-electron chi connectivity index (χ2n) is 3.73. The van der Waals surface area contributed by atoms with Gasteiger partial charge in [0.15, 0.2) is 0 Å².